The van der Waals surface area contributed by atoms with E-state index in [4.69, 9.17) is 21.7 Å². The van der Waals surface area contributed by atoms with Crippen molar-refractivity contribution < 1.29 is 9.47 Å². The summed E-state index contributed by atoms with van der Waals surface area (Å²) < 4.78 is 10.7. The Labute approximate surface area is 172 Å². The lowest BCUT2D eigenvalue weighted by Crippen LogP contribution is -2.34. The van der Waals surface area contributed by atoms with Crippen LogP contribution in [-0.4, -0.2) is 25.0 Å². The summed E-state index contributed by atoms with van der Waals surface area (Å²) in [6.07, 6.45) is 2.62. The van der Waals surface area contributed by atoms with E-state index in [0.717, 1.165) is 36.2 Å². The molecule has 2 aromatic rings. The Morgan fingerprint density at radius 2 is 1.93 bits per heavy atom. The number of hydrogen-bond acceptors (Lipinski definition) is 4. The van der Waals surface area contributed by atoms with Crippen molar-refractivity contribution in [3.05, 3.63) is 48.0 Å². The van der Waals surface area contributed by atoms with Crippen molar-refractivity contribution in [1.82, 2.24) is 5.32 Å². The molecule has 1 saturated heterocycles. The summed E-state index contributed by atoms with van der Waals surface area (Å²) in [6, 6.07) is 14.7. The van der Waals surface area contributed by atoms with Gasteiger partial charge in [0.15, 0.2) is 16.6 Å². The zero-order chi connectivity index (χ0) is 19.5. The third-order valence-corrected chi connectivity index (χ3v) is 5.61. The minimum absolute atomic E-state index is 0.114. The molecule has 0 saturated carbocycles. The maximum Gasteiger partial charge on any atom is 0.231 e. The summed E-state index contributed by atoms with van der Waals surface area (Å²) >= 11 is 5.48. The number of nitrogens with zero attached hydrogens (tertiary/aromatic N) is 1. The lowest BCUT2D eigenvalue weighted by molar-refractivity contribution is 0.174. The number of thiocarbonyl (C=S) groups is 1. The molecule has 2 aliphatic rings. The van der Waals surface area contributed by atoms with Gasteiger partial charge in [0.25, 0.3) is 0 Å². The summed E-state index contributed by atoms with van der Waals surface area (Å²) in [5.74, 6) is 2.28. The molecule has 0 radical (unpaired) electrons. The second-order valence-corrected chi connectivity index (χ2v) is 8.08. The molecule has 6 heteroatoms. The highest BCUT2D eigenvalue weighted by molar-refractivity contribution is 7.80. The first kappa shape index (κ1) is 18.9. The molecule has 1 fully saturated rings. The van der Waals surface area contributed by atoms with Gasteiger partial charge in [0.2, 0.25) is 6.79 Å². The Hall–Kier alpha value is -2.47. The van der Waals surface area contributed by atoms with Crippen LogP contribution in [-0.2, 0) is 0 Å². The normalized spacial score (nSPS) is 19.2. The molecule has 2 aromatic carbocycles. The number of fused-ring (bicyclic) bond motifs is 1. The van der Waals surface area contributed by atoms with Crippen LogP contribution in [0.2, 0.25) is 0 Å². The highest BCUT2D eigenvalue weighted by atomic mass is 32.1. The monoisotopic (exact) mass is 397 g/mol. The van der Waals surface area contributed by atoms with Crippen molar-refractivity contribution in [2.24, 2.45) is 5.92 Å². The number of ether oxygens (including phenoxy) is 2. The van der Waals surface area contributed by atoms with Crippen LogP contribution in [0.25, 0.3) is 0 Å². The molecule has 148 valence electrons. The zero-order valence-electron chi connectivity index (χ0n) is 16.4. The third-order valence-electron chi connectivity index (χ3n) is 5.39. The van der Waals surface area contributed by atoms with Gasteiger partial charge in [0, 0.05) is 30.5 Å². The average Bonchev–Trinajstić information content (AvgIpc) is 3.16. The number of nitrogens with one attached hydrogen (secondary N) is 2. The van der Waals surface area contributed by atoms with Gasteiger partial charge in [0.1, 0.15) is 0 Å². The number of hydrogen-bond donors (Lipinski definition) is 2. The van der Waals surface area contributed by atoms with E-state index in [2.05, 4.69) is 53.6 Å². The number of rotatable bonds is 4. The topological polar surface area (TPSA) is 45.8 Å². The Balaban J connectivity index is 1.34. The molecule has 0 aromatic heterocycles. The van der Waals surface area contributed by atoms with E-state index in [1.54, 1.807) is 0 Å². The number of piperidine rings is 1. The van der Waals surface area contributed by atoms with E-state index in [9.17, 15) is 0 Å². The molecule has 0 spiro atoms. The van der Waals surface area contributed by atoms with Crippen molar-refractivity contribution in [3.63, 3.8) is 0 Å². The Morgan fingerprint density at radius 1 is 1.14 bits per heavy atom. The van der Waals surface area contributed by atoms with Crippen molar-refractivity contribution in [1.29, 1.82) is 0 Å². The standard InChI is InChI=1S/C22H27N3O2S/c1-15-4-3-11-25(13-15)19-8-5-17(6-9-19)16(2)23-22(28)24-18-7-10-20-21(12-18)27-14-26-20/h5-10,12,15-16H,3-4,11,13-14H2,1-2H3,(H2,23,24,28)/t15-,16+/m1/s1. The van der Waals surface area contributed by atoms with Crippen LogP contribution >= 0.6 is 12.2 Å². The first-order valence-corrected chi connectivity index (χ1v) is 10.3. The van der Waals surface area contributed by atoms with Gasteiger partial charge in [-0.05, 0) is 67.7 Å². The van der Waals surface area contributed by atoms with E-state index in [0.29, 0.717) is 5.11 Å². The largest absolute Gasteiger partial charge is 0.454 e. The van der Waals surface area contributed by atoms with E-state index in [1.807, 2.05) is 18.2 Å². The average molecular weight is 398 g/mol. The summed E-state index contributed by atoms with van der Waals surface area (Å²) in [5.41, 5.74) is 3.40. The highest BCUT2D eigenvalue weighted by Crippen LogP contribution is 2.34. The molecule has 28 heavy (non-hydrogen) atoms. The maximum absolute atomic E-state index is 5.48. The minimum Gasteiger partial charge on any atom is -0.454 e. The zero-order valence-corrected chi connectivity index (χ0v) is 17.2. The van der Waals surface area contributed by atoms with Gasteiger partial charge >= 0.3 is 0 Å². The van der Waals surface area contributed by atoms with E-state index < -0.39 is 0 Å². The molecule has 2 N–H and O–H groups in total. The lowest BCUT2D eigenvalue weighted by Gasteiger charge is -2.33. The van der Waals surface area contributed by atoms with Crippen LogP contribution in [0.15, 0.2) is 42.5 Å². The molecule has 0 aliphatic carbocycles. The van der Waals surface area contributed by atoms with Gasteiger partial charge in [-0.2, -0.15) is 0 Å². The van der Waals surface area contributed by atoms with Gasteiger partial charge < -0.3 is 25.0 Å². The van der Waals surface area contributed by atoms with Gasteiger partial charge in [0.05, 0.1) is 6.04 Å². The van der Waals surface area contributed by atoms with Gasteiger partial charge in [-0.3, -0.25) is 0 Å². The second kappa shape index (κ2) is 8.27. The summed E-state index contributed by atoms with van der Waals surface area (Å²) in [5, 5.41) is 7.15. The number of benzene rings is 2. The molecule has 0 bridgehead atoms. The molecular weight excluding hydrogens is 370 g/mol. The van der Waals surface area contributed by atoms with E-state index in [-0.39, 0.29) is 12.8 Å². The van der Waals surface area contributed by atoms with Crippen LogP contribution in [0.4, 0.5) is 11.4 Å². The van der Waals surface area contributed by atoms with E-state index in [1.165, 1.54) is 24.1 Å². The molecule has 2 aliphatic heterocycles. The van der Waals surface area contributed by atoms with Gasteiger partial charge in [-0.15, -0.1) is 0 Å². The minimum atomic E-state index is 0.114. The van der Waals surface area contributed by atoms with Gasteiger partial charge in [-0.25, -0.2) is 0 Å². The van der Waals surface area contributed by atoms with Crippen LogP contribution in [0.5, 0.6) is 11.5 Å². The fourth-order valence-corrected chi connectivity index (χ4v) is 4.11. The Bertz CT molecular complexity index is 840. The molecule has 2 atom stereocenters. The Morgan fingerprint density at radius 3 is 2.71 bits per heavy atom. The summed E-state index contributed by atoms with van der Waals surface area (Å²) in [4.78, 5) is 2.49. The quantitative estimate of drug-likeness (QED) is 0.729. The highest BCUT2D eigenvalue weighted by Gasteiger charge is 2.17. The predicted molar refractivity (Wildman–Crippen MR) is 117 cm³/mol. The fraction of sp³-hybridized carbons (Fsp3) is 0.409. The lowest BCUT2D eigenvalue weighted by atomic mass is 9.99. The summed E-state index contributed by atoms with van der Waals surface area (Å²) in [6.45, 7) is 7.02. The first-order chi connectivity index (χ1) is 13.6. The summed E-state index contributed by atoms with van der Waals surface area (Å²) in [7, 11) is 0. The molecule has 2 heterocycles. The Kier molecular flexibility index (Phi) is 5.57. The van der Waals surface area contributed by atoms with Crippen LogP contribution in [0.1, 0.15) is 38.3 Å². The second-order valence-electron chi connectivity index (χ2n) is 7.67. The molecule has 0 unspecified atom stereocenters. The number of anilines is 2. The van der Waals surface area contributed by atoms with Crippen LogP contribution < -0.4 is 25.0 Å². The molecule has 5 nitrogen and oxygen atoms in total. The maximum atomic E-state index is 5.48. The molecule has 0 amide bonds. The van der Waals surface area contributed by atoms with Crippen molar-refractivity contribution in [2.75, 3.05) is 30.1 Å². The first-order valence-electron chi connectivity index (χ1n) is 9.90. The predicted octanol–water partition coefficient (Wildman–Crippen LogP) is 4.70. The fourth-order valence-electron chi connectivity index (χ4n) is 3.82. The third kappa shape index (κ3) is 4.33. The molecule has 4 rings (SSSR count). The van der Waals surface area contributed by atoms with Crippen molar-refractivity contribution in [3.8, 4) is 11.5 Å². The van der Waals surface area contributed by atoms with Crippen LogP contribution in [0, 0.1) is 5.92 Å². The van der Waals surface area contributed by atoms with Crippen molar-refractivity contribution >= 4 is 28.7 Å². The van der Waals surface area contributed by atoms with Crippen LogP contribution in [0.3, 0.4) is 0 Å². The van der Waals surface area contributed by atoms with E-state index >= 15 is 0 Å². The van der Waals surface area contributed by atoms with Crippen molar-refractivity contribution in [2.45, 2.75) is 32.7 Å². The van der Waals surface area contributed by atoms with Gasteiger partial charge in [-0.1, -0.05) is 19.1 Å². The molecular formula is C22H27N3O2S. The smallest absolute Gasteiger partial charge is 0.231 e. The SMILES string of the molecule is C[C@@H]1CCCN(c2ccc([C@H](C)NC(=S)Nc3ccc4c(c3)OCO4)cc2)C1.